The first-order valence-electron chi connectivity index (χ1n) is 5.49. The normalized spacial score (nSPS) is 19.9. The molecule has 0 aromatic carbocycles. The van der Waals surface area contributed by atoms with Crippen LogP contribution in [0.2, 0.25) is 0 Å². The lowest BCUT2D eigenvalue weighted by Crippen LogP contribution is -2.50. The van der Waals surface area contributed by atoms with Gasteiger partial charge in [0.15, 0.2) is 0 Å². The average molecular weight is 200 g/mol. The fraction of sp³-hybridized carbons (Fsp3) is 1.00. The van der Waals surface area contributed by atoms with Crippen LogP contribution in [-0.2, 0) is 9.78 Å². The molecular formula is C12H24O2. The van der Waals surface area contributed by atoms with Crippen molar-refractivity contribution in [3.8, 4) is 0 Å². The van der Waals surface area contributed by atoms with Gasteiger partial charge in [-0.1, -0.05) is 48.5 Å². The largest absolute Gasteiger partial charge is 0.231 e. The Balaban J connectivity index is 3.11. The minimum absolute atomic E-state index is 0.0208. The van der Waals surface area contributed by atoms with E-state index in [9.17, 15) is 0 Å². The van der Waals surface area contributed by atoms with E-state index < -0.39 is 0 Å². The number of rotatable bonds is 2. The van der Waals surface area contributed by atoms with Gasteiger partial charge in [0.05, 0.1) is 0 Å². The third kappa shape index (κ3) is 1.59. The standard InChI is InChI=1S/C12H24O2/c1-8-12(9-13-14-9,10(2,3)4)11(5,6)7/h9H,8H2,1-7H3. The number of hydrogen-bond donors (Lipinski definition) is 0. The minimum atomic E-state index is -0.0208. The topological polar surface area (TPSA) is 25.1 Å². The molecular weight excluding hydrogens is 176 g/mol. The molecule has 1 aliphatic heterocycles. The van der Waals surface area contributed by atoms with E-state index in [4.69, 9.17) is 9.78 Å². The van der Waals surface area contributed by atoms with Gasteiger partial charge in [-0.15, -0.1) is 0 Å². The Morgan fingerprint density at radius 3 is 1.29 bits per heavy atom. The van der Waals surface area contributed by atoms with Crippen molar-refractivity contribution >= 4 is 0 Å². The molecule has 1 heterocycles. The second kappa shape index (κ2) is 3.21. The molecule has 1 fully saturated rings. The molecule has 0 saturated carbocycles. The number of hydrogen-bond acceptors (Lipinski definition) is 2. The summed E-state index contributed by atoms with van der Waals surface area (Å²) in [5.41, 5.74) is 0.447. The molecule has 0 atom stereocenters. The lowest BCUT2D eigenvalue weighted by Gasteiger charge is -2.51. The molecule has 0 amide bonds. The van der Waals surface area contributed by atoms with E-state index in [0.717, 1.165) is 6.42 Å². The second-order valence-corrected chi connectivity index (χ2v) is 6.35. The first-order chi connectivity index (χ1) is 6.17. The van der Waals surface area contributed by atoms with E-state index in [1.165, 1.54) is 0 Å². The molecule has 0 aromatic rings. The Hall–Kier alpha value is -0.0800. The van der Waals surface area contributed by atoms with E-state index in [1.54, 1.807) is 0 Å². The summed E-state index contributed by atoms with van der Waals surface area (Å²) in [5.74, 6) is 0. The summed E-state index contributed by atoms with van der Waals surface area (Å²) < 4.78 is 0. The Morgan fingerprint density at radius 1 is 0.857 bits per heavy atom. The quantitative estimate of drug-likeness (QED) is 0.501. The molecule has 14 heavy (non-hydrogen) atoms. The predicted octanol–water partition coefficient (Wildman–Crippen LogP) is 3.76. The van der Waals surface area contributed by atoms with Gasteiger partial charge in [-0.25, -0.2) is 0 Å². The summed E-state index contributed by atoms with van der Waals surface area (Å²) in [5, 5.41) is 0. The molecule has 0 aliphatic carbocycles. The highest BCUT2D eigenvalue weighted by Crippen LogP contribution is 2.60. The molecule has 0 bridgehead atoms. The molecule has 0 radical (unpaired) electrons. The molecule has 1 aliphatic rings. The first-order valence-corrected chi connectivity index (χ1v) is 5.49. The van der Waals surface area contributed by atoms with Crippen LogP contribution in [0.3, 0.4) is 0 Å². The molecule has 0 N–H and O–H groups in total. The van der Waals surface area contributed by atoms with E-state index in [1.807, 2.05) is 0 Å². The smallest absolute Gasteiger partial charge is 0.198 e. The van der Waals surface area contributed by atoms with Crippen molar-refractivity contribution in [3.05, 3.63) is 0 Å². The molecule has 1 rings (SSSR count). The van der Waals surface area contributed by atoms with Gasteiger partial charge in [0.25, 0.3) is 0 Å². The van der Waals surface area contributed by atoms with Gasteiger partial charge in [-0.2, -0.15) is 9.78 Å². The molecule has 1 saturated heterocycles. The van der Waals surface area contributed by atoms with E-state index in [2.05, 4.69) is 48.5 Å². The third-order valence-electron chi connectivity index (χ3n) is 3.83. The van der Waals surface area contributed by atoms with Gasteiger partial charge in [-0.3, -0.25) is 0 Å². The summed E-state index contributed by atoms with van der Waals surface area (Å²) in [6, 6.07) is 0. The highest BCUT2D eigenvalue weighted by Gasteiger charge is 2.61. The summed E-state index contributed by atoms with van der Waals surface area (Å²) >= 11 is 0. The highest BCUT2D eigenvalue weighted by molar-refractivity contribution is 5.01. The van der Waals surface area contributed by atoms with Gasteiger partial charge >= 0.3 is 0 Å². The zero-order valence-electron chi connectivity index (χ0n) is 10.6. The van der Waals surface area contributed by atoms with Crippen molar-refractivity contribution in [2.24, 2.45) is 16.2 Å². The average Bonchev–Trinajstić information content (AvgIpc) is 2.66. The summed E-state index contributed by atoms with van der Waals surface area (Å²) in [6.07, 6.45) is 1.05. The SMILES string of the molecule is CCC(C1OO1)(C(C)(C)C)C(C)(C)C. The maximum atomic E-state index is 5.12. The van der Waals surface area contributed by atoms with Crippen molar-refractivity contribution < 1.29 is 9.78 Å². The summed E-state index contributed by atoms with van der Waals surface area (Å²) in [7, 11) is 0. The van der Waals surface area contributed by atoms with Crippen molar-refractivity contribution in [2.75, 3.05) is 0 Å². The van der Waals surface area contributed by atoms with Crippen molar-refractivity contribution in [1.82, 2.24) is 0 Å². The van der Waals surface area contributed by atoms with Crippen LogP contribution in [0.15, 0.2) is 0 Å². The third-order valence-corrected chi connectivity index (χ3v) is 3.83. The van der Waals surface area contributed by atoms with Gasteiger partial charge in [0.1, 0.15) is 0 Å². The Labute approximate surface area is 87.9 Å². The molecule has 0 spiro atoms. The van der Waals surface area contributed by atoms with Crippen LogP contribution in [-0.4, -0.2) is 6.29 Å². The van der Waals surface area contributed by atoms with E-state index in [0.29, 0.717) is 0 Å². The van der Waals surface area contributed by atoms with Crippen molar-refractivity contribution in [1.29, 1.82) is 0 Å². The maximum absolute atomic E-state index is 5.12. The van der Waals surface area contributed by atoms with E-state index >= 15 is 0 Å². The Bertz CT molecular complexity index is 189. The minimum Gasteiger partial charge on any atom is -0.198 e. The molecule has 84 valence electrons. The lowest BCUT2D eigenvalue weighted by molar-refractivity contribution is -0.0635. The molecule has 2 heteroatoms. The van der Waals surface area contributed by atoms with Crippen LogP contribution in [0.5, 0.6) is 0 Å². The Kier molecular flexibility index (Phi) is 2.75. The summed E-state index contributed by atoms with van der Waals surface area (Å²) in [6.45, 7) is 15.8. The molecule has 0 unspecified atom stereocenters. The van der Waals surface area contributed by atoms with Crippen molar-refractivity contribution in [2.45, 2.75) is 61.2 Å². The van der Waals surface area contributed by atoms with Crippen molar-refractivity contribution in [3.63, 3.8) is 0 Å². The zero-order chi connectivity index (χ0) is 11.2. The van der Waals surface area contributed by atoms with Gasteiger partial charge in [-0.05, 0) is 17.3 Å². The maximum Gasteiger partial charge on any atom is 0.231 e. The van der Waals surface area contributed by atoms with Gasteiger partial charge in [0, 0.05) is 5.41 Å². The van der Waals surface area contributed by atoms with Crippen LogP contribution in [0.1, 0.15) is 54.9 Å². The van der Waals surface area contributed by atoms with Crippen LogP contribution in [0.25, 0.3) is 0 Å². The molecule has 0 aromatic heterocycles. The predicted molar refractivity (Wildman–Crippen MR) is 57.6 cm³/mol. The fourth-order valence-corrected chi connectivity index (χ4v) is 3.25. The lowest BCUT2D eigenvalue weighted by atomic mass is 9.52. The highest BCUT2D eigenvalue weighted by atomic mass is 17.4. The molecule has 2 nitrogen and oxygen atoms in total. The van der Waals surface area contributed by atoms with Crippen LogP contribution < -0.4 is 0 Å². The summed E-state index contributed by atoms with van der Waals surface area (Å²) in [4.78, 5) is 10.2. The van der Waals surface area contributed by atoms with Crippen LogP contribution in [0.4, 0.5) is 0 Å². The van der Waals surface area contributed by atoms with E-state index in [-0.39, 0.29) is 22.5 Å². The van der Waals surface area contributed by atoms with Crippen LogP contribution in [0, 0.1) is 16.2 Å². The monoisotopic (exact) mass is 200 g/mol. The van der Waals surface area contributed by atoms with Gasteiger partial charge < -0.3 is 0 Å². The van der Waals surface area contributed by atoms with Gasteiger partial charge in [0.2, 0.25) is 6.29 Å². The fourth-order valence-electron chi connectivity index (χ4n) is 3.25. The second-order valence-electron chi connectivity index (χ2n) is 6.35. The Morgan fingerprint density at radius 2 is 1.21 bits per heavy atom. The first kappa shape index (κ1) is 12.0. The zero-order valence-corrected chi connectivity index (χ0v) is 10.6. The van der Waals surface area contributed by atoms with Crippen LogP contribution >= 0.6 is 0 Å².